The van der Waals surface area contributed by atoms with Crippen LogP contribution in [0.2, 0.25) is 0 Å². The number of nitrogens with one attached hydrogen (secondary N) is 1. The number of fused-ring (bicyclic) bond motifs is 1. The van der Waals surface area contributed by atoms with Gasteiger partial charge in [-0.3, -0.25) is 14.0 Å². The Morgan fingerprint density at radius 3 is 2.88 bits per heavy atom. The highest BCUT2D eigenvalue weighted by Gasteiger charge is 2.25. The van der Waals surface area contributed by atoms with Crippen molar-refractivity contribution in [2.75, 3.05) is 34.2 Å². The van der Waals surface area contributed by atoms with Crippen LogP contribution in [0.1, 0.15) is 29.0 Å². The first kappa shape index (κ1) is 17.4. The van der Waals surface area contributed by atoms with Crippen LogP contribution < -0.4 is 5.32 Å². The lowest BCUT2D eigenvalue weighted by Gasteiger charge is -2.36. The van der Waals surface area contributed by atoms with Gasteiger partial charge in [0.1, 0.15) is 11.3 Å². The van der Waals surface area contributed by atoms with Crippen molar-refractivity contribution in [1.82, 2.24) is 24.5 Å². The lowest BCUT2D eigenvalue weighted by Crippen LogP contribution is -2.47. The Balaban J connectivity index is 1.76. The van der Waals surface area contributed by atoms with Crippen molar-refractivity contribution in [3.05, 3.63) is 35.8 Å². The number of pyridine rings is 1. The normalized spacial score (nSPS) is 17.9. The Labute approximate surface area is 147 Å². The summed E-state index contributed by atoms with van der Waals surface area (Å²) in [7, 11) is 5.71. The van der Waals surface area contributed by atoms with E-state index in [0.29, 0.717) is 23.1 Å². The van der Waals surface area contributed by atoms with E-state index < -0.39 is 0 Å². The zero-order valence-corrected chi connectivity index (χ0v) is 15.0. The zero-order valence-electron chi connectivity index (χ0n) is 15.0. The van der Waals surface area contributed by atoms with Crippen LogP contribution in [0.4, 0.5) is 0 Å². The predicted octanol–water partition coefficient (Wildman–Crippen LogP) is 0.789. The van der Waals surface area contributed by atoms with Gasteiger partial charge >= 0.3 is 0 Å². The number of aromatic nitrogens is 2. The Kier molecular flexibility index (Phi) is 5.03. The van der Waals surface area contributed by atoms with Gasteiger partial charge in [0.15, 0.2) is 0 Å². The molecule has 1 saturated heterocycles. The SMILES string of the molecule is CNC(=O)c1cccc2nc(CC(=O)N3CCCC(N(C)C)C3)cn12. The second-order valence-corrected chi connectivity index (χ2v) is 6.73. The lowest BCUT2D eigenvalue weighted by molar-refractivity contribution is -0.132. The van der Waals surface area contributed by atoms with Crippen LogP contribution in [-0.4, -0.2) is 71.3 Å². The summed E-state index contributed by atoms with van der Waals surface area (Å²) in [6, 6.07) is 5.79. The number of hydrogen-bond donors (Lipinski definition) is 1. The van der Waals surface area contributed by atoms with Gasteiger partial charge in [0, 0.05) is 32.4 Å². The number of amides is 2. The minimum atomic E-state index is -0.175. The van der Waals surface area contributed by atoms with E-state index in [0.717, 1.165) is 25.9 Å². The fourth-order valence-electron chi connectivity index (χ4n) is 3.33. The number of piperidine rings is 1. The smallest absolute Gasteiger partial charge is 0.268 e. The van der Waals surface area contributed by atoms with Crippen molar-refractivity contribution in [3.8, 4) is 0 Å². The Morgan fingerprint density at radius 1 is 1.36 bits per heavy atom. The molecule has 7 heteroatoms. The molecule has 134 valence electrons. The highest BCUT2D eigenvalue weighted by Crippen LogP contribution is 2.16. The molecule has 0 spiro atoms. The molecular weight excluding hydrogens is 318 g/mol. The molecule has 1 unspecified atom stereocenters. The summed E-state index contributed by atoms with van der Waals surface area (Å²) in [5, 5.41) is 2.62. The molecule has 0 bridgehead atoms. The number of rotatable bonds is 4. The van der Waals surface area contributed by atoms with Crippen LogP contribution >= 0.6 is 0 Å². The van der Waals surface area contributed by atoms with Gasteiger partial charge in [0.2, 0.25) is 5.91 Å². The van der Waals surface area contributed by atoms with Crippen molar-refractivity contribution < 1.29 is 9.59 Å². The minimum absolute atomic E-state index is 0.0939. The van der Waals surface area contributed by atoms with Gasteiger partial charge in [0.05, 0.1) is 12.1 Å². The summed E-state index contributed by atoms with van der Waals surface area (Å²) >= 11 is 0. The standard InChI is InChI=1S/C18H25N5O2/c1-19-18(25)15-7-4-8-16-20-13(11-23(15)16)10-17(24)22-9-5-6-14(12-22)21(2)3/h4,7-8,11,14H,5-6,9-10,12H2,1-3H3,(H,19,25). The van der Waals surface area contributed by atoms with Crippen LogP contribution in [0.15, 0.2) is 24.4 Å². The first-order chi connectivity index (χ1) is 12.0. The van der Waals surface area contributed by atoms with Gasteiger partial charge in [-0.15, -0.1) is 0 Å². The Morgan fingerprint density at radius 2 is 2.16 bits per heavy atom. The topological polar surface area (TPSA) is 70.0 Å². The molecule has 0 radical (unpaired) electrons. The molecule has 1 fully saturated rings. The quantitative estimate of drug-likeness (QED) is 0.891. The van der Waals surface area contributed by atoms with Gasteiger partial charge < -0.3 is 15.1 Å². The third-order valence-corrected chi connectivity index (χ3v) is 4.81. The molecule has 25 heavy (non-hydrogen) atoms. The molecule has 2 amide bonds. The maximum Gasteiger partial charge on any atom is 0.268 e. The summed E-state index contributed by atoms with van der Waals surface area (Å²) in [5.74, 6) is -0.0813. The van der Waals surface area contributed by atoms with Crippen molar-refractivity contribution in [3.63, 3.8) is 0 Å². The summed E-state index contributed by atoms with van der Waals surface area (Å²) in [5.41, 5.74) is 1.87. The number of carbonyl (C=O) groups is 2. The molecule has 2 aromatic heterocycles. The number of likely N-dealkylation sites (N-methyl/N-ethyl adjacent to an activating group) is 1. The second kappa shape index (κ2) is 7.23. The molecule has 1 atom stereocenters. The van der Waals surface area contributed by atoms with Crippen molar-refractivity contribution in [2.24, 2.45) is 0 Å². The second-order valence-electron chi connectivity index (χ2n) is 6.73. The molecule has 2 aromatic rings. The van der Waals surface area contributed by atoms with E-state index in [1.165, 1.54) is 0 Å². The lowest BCUT2D eigenvalue weighted by atomic mass is 10.0. The highest BCUT2D eigenvalue weighted by atomic mass is 16.2. The number of nitrogens with zero attached hydrogens (tertiary/aromatic N) is 4. The van der Waals surface area contributed by atoms with Crippen LogP contribution in [0.3, 0.4) is 0 Å². The molecular formula is C18H25N5O2. The van der Waals surface area contributed by atoms with Crippen LogP contribution in [-0.2, 0) is 11.2 Å². The first-order valence-electron chi connectivity index (χ1n) is 8.63. The Hall–Kier alpha value is -2.41. The van der Waals surface area contributed by atoms with Crippen molar-refractivity contribution in [1.29, 1.82) is 0 Å². The van der Waals surface area contributed by atoms with Gasteiger partial charge in [-0.2, -0.15) is 0 Å². The van der Waals surface area contributed by atoms with E-state index in [4.69, 9.17) is 0 Å². The summed E-state index contributed by atoms with van der Waals surface area (Å²) < 4.78 is 1.74. The molecule has 0 saturated carbocycles. The fourth-order valence-corrected chi connectivity index (χ4v) is 3.33. The summed E-state index contributed by atoms with van der Waals surface area (Å²) in [6.45, 7) is 1.57. The molecule has 1 aliphatic rings. The van der Waals surface area contributed by atoms with Gasteiger partial charge in [0.25, 0.3) is 5.91 Å². The first-order valence-corrected chi connectivity index (χ1v) is 8.63. The van der Waals surface area contributed by atoms with Crippen LogP contribution in [0.5, 0.6) is 0 Å². The molecule has 1 aliphatic heterocycles. The predicted molar refractivity (Wildman–Crippen MR) is 95.6 cm³/mol. The average molecular weight is 343 g/mol. The number of likely N-dealkylation sites (tertiary alicyclic amines) is 1. The van der Waals surface area contributed by atoms with Crippen LogP contribution in [0.25, 0.3) is 5.65 Å². The maximum atomic E-state index is 12.7. The average Bonchev–Trinajstić information content (AvgIpc) is 3.03. The number of hydrogen-bond acceptors (Lipinski definition) is 4. The van der Waals surface area contributed by atoms with Crippen molar-refractivity contribution in [2.45, 2.75) is 25.3 Å². The number of carbonyl (C=O) groups excluding carboxylic acids is 2. The Bertz CT molecular complexity index is 783. The molecule has 0 aliphatic carbocycles. The van der Waals surface area contributed by atoms with Crippen LogP contribution in [0, 0.1) is 0 Å². The van der Waals surface area contributed by atoms with E-state index in [-0.39, 0.29) is 18.2 Å². The monoisotopic (exact) mass is 343 g/mol. The summed E-state index contributed by atoms with van der Waals surface area (Å²) in [4.78, 5) is 33.2. The van der Waals surface area contributed by atoms with E-state index >= 15 is 0 Å². The van der Waals surface area contributed by atoms with E-state index in [1.54, 1.807) is 29.8 Å². The molecule has 0 aromatic carbocycles. The van der Waals surface area contributed by atoms with Gasteiger partial charge in [-0.1, -0.05) is 6.07 Å². The third kappa shape index (κ3) is 3.66. The van der Waals surface area contributed by atoms with E-state index in [9.17, 15) is 9.59 Å². The third-order valence-electron chi connectivity index (χ3n) is 4.81. The van der Waals surface area contributed by atoms with E-state index in [2.05, 4.69) is 29.3 Å². The molecule has 7 nitrogen and oxygen atoms in total. The highest BCUT2D eigenvalue weighted by molar-refractivity contribution is 5.93. The molecule has 3 heterocycles. The maximum absolute atomic E-state index is 12.7. The fraction of sp³-hybridized carbons (Fsp3) is 0.500. The van der Waals surface area contributed by atoms with E-state index in [1.807, 2.05) is 11.0 Å². The largest absolute Gasteiger partial charge is 0.354 e. The zero-order chi connectivity index (χ0) is 18.0. The molecule has 1 N–H and O–H groups in total. The minimum Gasteiger partial charge on any atom is -0.354 e. The summed E-state index contributed by atoms with van der Waals surface area (Å²) in [6.07, 6.45) is 4.20. The molecule has 3 rings (SSSR count). The number of imidazole rings is 1. The van der Waals surface area contributed by atoms with Gasteiger partial charge in [-0.05, 0) is 39.1 Å². The van der Waals surface area contributed by atoms with Crippen molar-refractivity contribution >= 4 is 17.5 Å². The van der Waals surface area contributed by atoms with Gasteiger partial charge in [-0.25, -0.2) is 4.98 Å².